The molecule has 0 unspecified atom stereocenters. The van der Waals surface area contributed by atoms with E-state index in [0.717, 1.165) is 10.7 Å². The summed E-state index contributed by atoms with van der Waals surface area (Å²) in [6, 6.07) is 6.17. The standard InChI is InChI=1S/C10H10FN3S/c1-14-10(15-2)12-9(13-14)7-3-5-8(11)6-4-7/h3-6H,1-2H3. The van der Waals surface area contributed by atoms with Gasteiger partial charge in [0.25, 0.3) is 0 Å². The Morgan fingerprint density at radius 3 is 2.47 bits per heavy atom. The third-order valence-corrected chi connectivity index (χ3v) is 2.73. The van der Waals surface area contributed by atoms with Gasteiger partial charge in [-0.15, -0.1) is 0 Å². The molecule has 0 N–H and O–H groups in total. The van der Waals surface area contributed by atoms with Gasteiger partial charge in [-0.2, -0.15) is 5.10 Å². The molecule has 15 heavy (non-hydrogen) atoms. The Balaban J connectivity index is 2.41. The van der Waals surface area contributed by atoms with Crippen molar-refractivity contribution in [2.45, 2.75) is 5.16 Å². The van der Waals surface area contributed by atoms with E-state index < -0.39 is 0 Å². The molecule has 0 radical (unpaired) electrons. The summed E-state index contributed by atoms with van der Waals surface area (Å²) in [6.07, 6.45) is 1.94. The number of thioether (sulfide) groups is 1. The van der Waals surface area contributed by atoms with E-state index in [0.29, 0.717) is 5.82 Å². The van der Waals surface area contributed by atoms with Gasteiger partial charge in [0.2, 0.25) is 0 Å². The van der Waals surface area contributed by atoms with Gasteiger partial charge in [-0.05, 0) is 30.5 Å². The van der Waals surface area contributed by atoms with E-state index in [9.17, 15) is 4.39 Å². The van der Waals surface area contributed by atoms with Crippen LogP contribution in [-0.4, -0.2) is 21.0 Å². The molecule has 2 rings (SSSR count). The van der Waals surface area contributed by atoms with Gasteiger partial charge in [0, 0.05) is 12.6 Å². The summed E-state index contributed by atoms with van der Waals surface area (Å²) >= 11 is 1.53. The van der Waals surface area contributed by atoms with Crippen LogP contribution < -0.4 is 0 Å². The topological polar surface area (TPSA) is 30.7 Å². The maximum atomic E-state index is 12.7. The number of aryl methyl sites for hydroxylation is 1. The molecule has 5 heteroatoms. The Kier molecular flexibility index (Phi) is 2.73. The van der Waals surface area contributed by atoms with Gasteiger partial charge < -0.3 is 0 Å². The van der Waals surface area contributed by atoms with Gasteiger partial charge in [0.05, 0.1) is 0 Å². The number of hydrogen-bond acceptors (Lipinski definition) is 3. The quantitative estimate of drug-likeness (QED) is 0.732. The third-order valence-electron chi connectivity index (χ3n) is 2.01. The molecule has 2 aromatic rings. The fourth-order valence-corrected chi connectivity index (χ4v) is 1.75. The highest BCUT2D eigenvalue weighted by Crippen LogP contribution is 2.19. The van der Waals surface area contributed by atoms with Crippen molar-refractivity contribution in [3.05, 3.63) is 30.1 Å². The molecule has 0 spiro atoms. The first-order valence-electron chi connectivity index (χ1n) is 4.41. The zero-order chi connectivity index (χ0) is 10.8. The van der Waals surface area contributed by atoms with Crippen LogP contribution in [0.5, 0.6) is 0 Å². The summed E-state index contributed by atoms with van der Waals surface area (Å²) in [5.41, 5.74) is 0.826. The molecular weight excluding hydrogens is 213 g/mol. The Bertz CT molecular complexity index is 464. The van der Waals surface area contributed by atoms with Crippen molar-refractivity contribution >= 4 is 11.8 Å². The van der Waals surface area contributed by atoms with Crippen molar-refractivity contribution in [2.24, 2.45) is 7.05 Å². The molecule has 0 amide bonds. The second-order valence-corrected chi connectivity index (χ2v) is 3.83. The van der Waals surface area contributed by atoms with Crippen LogP contribution in [0.2, 0.25) is 0 Å². The molecule has 0 saturated heterocycles. The zero-order valence-electron chi connectivity index (χ0n) is 8.44. The maximum Gasteiger partial charge on any atom is 0.186 e. The lowest BCUT2D eigenvalue weighted by Crippen LogP contribution is -1.91. The molecule has 0 aliphatic rings. The fraction of sp³-hybridized carbons (Fsp3) is 0.200. The molecule has 1 aromatic heterocycles. The fourth-order valence-electron chi connectivity index (χ4n) is 1.27. The van der Waals surface area contributed by atoms with Crippen molar-refractivity contribution in [1.82, 2.24) is 14.8 Å². The molecule has 1 aromatic carbocycles. The van der Waals surface area contributed by atoms with Crippen LogP contribution in [0.15, 0.2) is 29.4 Å². The highest BCUT2D eigenvalue weighted by Gasteiger charge is 2.07. The van der Waals surface area contributed by atoms with Gasteiger partial charge in [0.15, 0.2) is 11.0 Å². The first-order chi connectivity index (χ1) is 7.20. The lowest BCUT2D eigenvalue weighted by Gasteiger charge is -1.93. The van der Waals surface area contributed by atoms with Crippen LogP contribution in [0.25, 0.3) is 11.4 Å². The number of nitrogens with zero attached hydrogens (tertiary/aromatic N) is 3. The normalized spacial score (nSPS) is 10.6. The molecule has 78 valence electrons. The van der Waals surface area contributed by atoms with Crippen LogP contribution in [0, 0.1) is 5.82 Å². The average Bonchev–Trinajstić information content (AvgIpc) is 2.61. The number of rotatable bonds is 2. The van der Waals surface area contributed by atoms with Crippen molar-refractivity contribution in [3.8, 4) is 11.4 Å². The molecular formula is C10H10FN3S. The van der Waals surface area contributed by atoms with Gasteiger partial charge in [0.1, 0.15) is 5.82 Å². The Labute approximate surface area is 91.3 Å². The Morgan fingerprint density at radius 1 is 1.27 bits per heavy atom. The van der Waals surface area contributed by atoms with E-state index in [4.69, 9.17) is 0 Å². The van der Waals surface area contributed by atoms with Gasteiger partial charge in [-0.3, -0.25) is 0 Å². The van der Waals surface area contributed by atoms with Crippen LogP contribution in [0.1, 0.15) is 0 Å². The van der Waals surface area contributed by atoms with Crippen LogP contribution in [0.3, 0.4) is 0 Å². The predicted octanol–water partition coefficient (Wildman–Crippen LogP) is 2.34. The molecule has 0 bridgehead atoms. The van der Waals surface area contributed by atoms with Crippen molar-refractivity contribution < 1.29 is 4.39 Å². The number of halogens is 1. The maximum absolute atomic E-state index is 12.7. The van der Waals surface area contributed by atoms with Crippen LogP contribution in [-0.2, 0) is 7.05 Å². The second-order valence-electron chi connectivity index (χ2n) is 3.05. The van der Waals surface area contributed by atoms with E-state index in [1.807, 2.05) is 13.3 Å². The van der Waals surface area contributed by atoms with E-state index in [1.165, 1.54) is 23.9 Å². The smallest absolute Gasteiger partial charge is 0.186 e. The summed E-state index contributed by atoms with van der Waals surface area (Å²) < 4.78 is 14.4. The lowest BCUT2D eigenvalue weighted by atomic mass is 10.2. The summed E-state index contributed by atoms with van der Waals surface area (Å²) in [5.74, 6) is 0.377. The van der Waals surface area contributed by atoms with Crippen LogP contribution in [0.4, 0.5) is 4.39 Å². The summed E-state index contributed by atoms with van der Waals surface area (Å²) in [7, 11) is 1.84. The molecule has 1 heterocycles. The molecule has 0 atom stereocenters. The summed E-state index contributed by atoms with van der Waals surface area (Å²) in [4.78, 5) is 4.32. The predicted molar refractivity (Wildman–Crippen MR) is 58.2 cm³/mol. The number of hydrogen-bond donors (Lipinski definition) is 0. The summed E-state index contributed by atoms with van der Waals surface area (Å²) in [6.45, 7) is 0. The molecule has 0 fully saturated rings. The monoisotopic (exact) mass is 223 g/mol. The first-order valence-corrected chi connectivity index (χ1v) is 5.64. The van der Waals surface area contributed by atoms with Crippen molar-refractivity contribution in [1.29, 1.82) is 0 Å². The van der Waals surface area contributed by atoms with Crippen LogP contribution >= 0.6 is 11.8 Å². The van der Waals surface area contributed by atoms with Gasteiger partial charge >= 0.3 is 0 Å². The van der Waals surface area contributed by atoms with E-state index >= 15 is 0 Å². The Hall–Kier alpha value is -1.36. The first kappa shape index (κ1) is 10.2. The SMILES string of the molecule is CSc1nc(-c2ccc(F)cc2)nn1C. The average molecular weight is 223 g/mol. The zero-order valence-corrected chi connectivity index (χ0v) is 9.25. The van der Waals surface area contributed by atoms with E-state index in [1.54, 1.807) is 16.8 Å². The number of aromatic nitrogens is 3. The van der Waals surface area contributed by atoms with Crippen molar-refractivity contribution in [2.75, 3.05) is 6.26 Å². The highest BCUT2D eigenvalue weighted by molar-refractivity contribution is 7.98. The third kappa shape index (κ3) is 2.02. The highest BCUT2D eigenvalue weighted by atomic mass is 32.2. The minimum atomic E-state index is -0.250. The van der Waals surface area contributed by atoms with E-state index in [2.05, 4.69) is 10.1 Å². The van der Waals surface area contributed by atoms with Gasteiger partial charge in [-0.1, -0.05) is 11.8 Å². The molecule has 0 saturated carbocycles. The van der Waals surface area contributed by atoms with E-state index in [-0.39, 0.29) is 5.82 Å². The molecule has 0 aliphatic heterocycles. The largest absolute Gasteiger partial charge is 0.243 e. The number of benzene rings is 1. The van der Waals surface area contributed by atoms with Crippen molar-refractivity contribution in [3.63, 3.8) is 0 Å². The lowest BCUT2D eigenvalue weighted by molar-refractivity contribution is 0.628. The summed E-state index contributed by atoms with van der Waals surface area (Å²) in [5, 5.41) is 5.09. The minimum absolute atomic E-state index is 0.250. The molecule has 3 nitrogen and oxygen atoms in total. The second kappa shape index (κ2) is 4.02. The minimum Gasteiger partial charge on any atom is -0.243 e. The molecule has 0 aliphatic carbocycles. The Morgan fingerprint density at radius 2 is 1.93 bits per heavy atom. The van der Waals surface area contributed by atoms with Gasteiger partial charge in [-0.25, -0.2) is 14.1 Å².